The van der Waals surface area contributed by atoms with E-state index in [0.29, 0.717) is 17.8 Å². The molecule has 0 fully saturated rings. The van der Waals surface area contributed by atoms with E-state index in [1.54, 1.807) is 24.3 Å². The van der Waals surface area contributed by atoms with Crippen molar-refractivity contribution in [3.8, 4) is 6.07 Å². The molecule has 1 amide bonds. The molecule has 0 radical (unpaired) electrons. The Labute approximate surface area is 123 Å². The number of rotatable bonds is 5. The van der Waals surface area contributed by atoms with Crippen LogP contribution >= 0.6 is 0 Å². The van der Waals surface area contributed by atoms with Gasteiger partial charge in [0.05, 0.1) is 24.7 Å². The average Bonchev–Trinajstić information content (AvgIpc) is 2.83. The van der Waals surface area contributed by atoms with E-state index >= 15 is 0 Å². The molecule has 0 aliphatic carbocycles. The highest BCUT2D eigenvalue weighted by Gasteiger charge is 2.09. The lowest BCUT2D eigenvalue weighted by atomic mass is 10.2. The quantitative estimate of drug-likeness (QED) is 0.915. The molecule has 0 saturated heterocycles. The minimum Gasteiger partial charge on any atom is -0.465 e. The van der Waals surface area contributed by atoms with Gasteiger partial charge in [-0.15, -0.1) is 0 Å². The first-order valence-electron chi connectivity index (χ1n) is 6.60. The molecular weight excluding hydrogens is 266 g/mol. The minimum atomic E-state index is -0.129. The van der Waals surface area contributed by atoms with Crippen LogP contribution in [-0.4, -0.2) is 24.4 Å². The minimum absolute atomic E-state index is 0.129. The second-order valence-corrected chi connectivity index (χ2v) is 4.93. The van der Waals surface area contributed by atoms with E-state index in [0.717, 1.165) is 11.5 Å². The van der Waals surface area contributed by atoms with E-state index in [-0.39, 0.29) is 12.5 Å². The Balaban J connectivity index is 1.87. The maximum Gasteiger partial charge on any atom is 0.238 e. The number of amides is 1. The van der Waals surface area contributed by atoms with Gasteiger partial charge in [-0.2, -0.15) is 5.26 Å². The van der Waals surface area contributed by atoms with Crippen molar-refractivity contribution in [2.45, 2.75) is 13.5 Å². The maximum absolute atomic E-state index is 12.0. The molecule has 1 aromatic carbocycles. The smallest absolute Gasteiger partial charge is 0.238 e. The van der Waals surface area contributed by atoms with Gasteiger partial charge in [-0.25, -0.2) is 0 Å². The Morgan fingerprint density at radius 3 is 2.86 bits per heavy atom. The van der Waals surface area contributed by atoms with Crippen LogP contribution in [0.1, 0.15) is 17.1 Å². The van der Waals surface area contributed by atoms with E-state index in [1.807, 2.05) is 37.1 Å². The SMILES string of the molecule is Cc1ccc(CN(C)CC(=O)Nc2cccc(C#N)c2)o1. The molecule has 1 N–H and O–H groups in total. The summed E-state index contributed by atoms with van der Waals surface area (Å²) in [5.74, 6) is 1.56. The number of hydrogen-bond acceptors (Lipinski definition) is 4. The van der Waals surface area contributed by atoms with Crippen LogP contribution in [0.2, 0.25) is 0 Å². The fraction of sp³-hybridized carbons (Fsp3) is 0.250. The molecule has 0 atom stereocenters. The molecular formula is C16H17N3O2. The van der Waals surface area contributed by atoms with Gasteiger partial charge in [0.25, 0.3) is 0 Å². The van der Waals surface area contributed by atoms with Gasteiger partial charge in [-0.05, 0) is 44.3 Å². The number of hydrogen-bond donors (Lipinski definition) is 1. The molecule has 0 aliphatic heterocycles. The number of furan rings is 1. The molecule has 0 aliphatic rings. The predicted molar refractivity (Wildman–Crippen MR) is 79.6 cm³/mol. The number of likely N-dealkylation sites (N-methyl/N-ethyl adjacent to an activating group) is 1. The highest BCUT2D eigenvalue weighted by molar-refractivity contribution is 5.92. The van der Waals surface area contributed by atoms with E-state index in [4.69, 9.17) is 9.68 Å². The van der Waals surface area contributed by atoms with Crippen molar-refractivity contribution in [1.82, 2.24) is 4.90 Å². The molecule has 0 unspecified atom stereocenters. The van der Waals surface area contributed by atoms with E-state index in [2.05, 4.69) is 5.32 Å². The fourth-order valence-electron chi connectivity index (χ4n) is 2.00. The number of benzene rings is 1. The maximum atomic E-state index is 12.0. The molecule has 2 aromatic rings. The fourth-order valence-corrected chi connectivity index (χ4v) is 2.00. The van der Waals surface area contributed by atoms with Crippen molar-refractivity contribution in [3.63, 3.8) is 0 Å². The van der Waals surface area contributed by atoms with Gasteiger partial charge in [0, 0.05) is 5.69 Å². The molecule has 21 heavy (non-hydrogen) atoms. The van der Waals surface area contributed by atoms with E-state index in [1.165, 1.54) is 0 Å². The van der Waals surface area contributed by atoms with Crippen LogP contribution in [0.4, 0.5) is 5.69 Å². The number of anilines is 1. The Kier molecular flexibility index (Phi) is 4.75. The van der Waals surface area contributed by atoms with Gasteiger partial charge in [0.2, 0.25) is 5.91 Å². The standard InChI is InChI=1S/C16H17N3O2/c1-12-6-7-15(21-12)10-19(2)11-16(20)18-14-5-3-4-13(8-14)9-17/h3-8H,10-11H2,1-2H3,(H,18,20). The third-order valence-electron chi connectivity index (χ3n) is 2.91. The lowest BCUT2D eigenvalue weighted by molar-refractivity contribution is -0.117. The van der Waals surface area contributed by atoms with Crippen LogP contribution in [0.3, 0.4) is 0 Å². The number of carbonyl (C=O) groups is 1. The molecule has 0 saturated carbocycles. The van der Waals surface area contributed by atoms with Crippen LogP contribution in [0.15, 0.2) is 40.8 Å². The summed E-state index contributed by atoms with van der Waals surface area (Å²) in [7, 11) is 1.85. The average molecular weight is 283 g/mol. The van der Waals surface area contributed by atoms with Gasteiger partial charge >= 0.3 is 0 Å². The largest absolute Gasteiger partial charge is 0.465 e. The summed E-state index contributed by atoms with van der Waals surface area (Å²) in [4.78, 5) is 13.8. The summed E-state index contributed by atoms with van der Waals surface area (Å²) in [6.45, 7) is 2.70. The van der Waals surface area contributed by atoms with Crippen LogP contribution < -0.4 is 5.32 Å². The number of nitrogens with one attached hydrogen (secondary N) is 1. The monoisotopic (exact) mass is 283 g/mol. The Morgan fingerprint density at radius 1 is 1.38 bits per heavy atom. The van der Waals surface area contributed by atoms with Crippen molar-refractivity contribution in [2.24, 2.45) is 0 Å². The van der Waals surface area contributed by atoms with E-state index < -0.39 is 0 Å². The Morgan fingerprint density at radius 2 is 2.19 bits per heavy atom. The first-order chi connectivity index (χ1) is 10.1. The second-order valence-electron chi connectivity index (χ2n) is 4.93. The van der Waals surface area contributed by atoms with Gasteiger partial charge in [0.1, 0.15) is 11.5 Å². The summed E-state index contributed by atoms with van der Waals surface area (Å²) < 4.78 is 5.47. The van der Waals surface area contributed by atoms with Crippen LogP contribution in [-0.2, 0) is 11.3 Å². The molecule has 108 valence electrons. The van der Waals surface area contributed by atoms with Gasteiger partial charge in [-0.3, -0.25) is 9.69 Å². The van der Waals surface area contributed by atoms with Gasteiger partial charge in [0.15, 0.2) is 0 Å². The lowest BCUT2D eigenvalue weighted by Crippen LogP contribution is -2.29. The summed E-state index contributed by atoms with van der Waals surface area (Å²) in [6, 6.07) is 12.7. The van der Waals surface area contributed by atoms with Crippen LogP contribution in [0.5, 0.6) is 0 Å². The highest BCUT2D eigenvalue weighted by atomic mass is 16.3. The molecule has 0 spiro atoms. The first-order valence-corrected chi connectivity index (χ1v) is 6.60. The zero-order chi connectivity index (χ0) is 15.2. The molecule has 5 heteroatoms. The highest BCUT2D eigenvalue weighted by Crippen LogP contribution is 2.11. The predicted octanol–water partition coefficient (Wildman–Crippen LogP) is 2.53. The van der Waals surface area contributed by atoms with Crippen molar-refractivity contribution >= 4 is 11.6 Å². The van der Waals surface area contributed by atoms with Gasteiger partial charge in [-0.1, -0.05) is 6.07 Å². The molecule has 0 bridgehead atoms. The van der Waals surface area contributed by atoms with Crippen molar-refractivity contribution in [3.05, 3.63) is 53.5 Å². The Bertz CT molecular complexity index is 670. The summed E-state index contributed by atoms with van der Waals surface area (Å²) in [5.41, 5.74) is 1.15. The first kappa shape index (κ1) is 14.8. The van der Waals surface area contributed by atoms with Crippen molar-refractivity contribution in [2.75, 3.05) is 18.9 Å². The van der Waals surface area contributed by atoms with Crippen molar-refractivity contribution < 1.29 is 9.21 Å². The second kappa shape index (κ2) is 6.73. The normalized spacial score (nSPS) is 10.4. The molecule has 1 aromatic heterocycles. The zero-order valence-electron chi connectivity index (χ0n) is 12.1. The molecule has 2 rings (SSSR count). The Hall–Kier alpha value is -2.58. The van der Waals surface area contributed by atoms with Crippen molar-refractivity contribution in [1.29, 1.82) is 5.26 Å². The number of nitriles is 1. The van der Waals surface area contributed by atoms with E-state index in [9.17, 15) is 4.79 Å². The molecule has 5 nitrogen and oxygen atoms in total. The number of nitrogens with zero attached hydrogens (tertiary/aromatic N) is 2. The third kappa shape index (κ3) is 4.48. The summed E-state index contributed by atoms with van der Waals surface area (Å²) in [6.07, 6.45) is 0. The summed E-state index contributed by atoms with van der Waals surface area (Å²) >= 11 is 0. The molecule has 1 heterocycles. The lowest BCUT2D eigenvalue weighted by Gasteiger charge is -2.14. The van der Waals surface area contributed by atoms with Crippen LogP contribution in [0, 0.1) is 18.3 Å². The zero-order valence-corrected chi connectivity index (χ0v) is 12.1. The topological polar surface area (TPSA) is 69.3 Å². The summed E-state index contributed by atoms with van der Waals surface area (Å²) in [5, 5.41) is 11.6. The number of aryl methyl sites for hydroxylation is 1. The number of carbonyl (C=O) groups excluding carboxylic acids is 1. The van der Waals surface area contributed by atoms with Gasteiger partial charge < -0.3 is 9.73 Å². The third-order valence-corrected chi connectivity index (χ3v) is 2.91. The van der Waals surface area contributed by atoms with Crippen LogP contribution in [0.25, 0.3) is 0 Å².